The van der Waals surface area contributed by atoms with E-state index in [4.69, 9.17) is 11.6 Å². The van der Waals surface area contributed by atoms with Crippen LogP contribution in [-0.2, 0) is 13.0 Å². The Balaban J connectivity index is 1.44. The molecule has 9 heteroatoms. The number of anilines is 2. The Labute approximate surface area is 213 Å². The summed E-state index contributed by atoms with van der Waals surface area (Å²) in [5.41, 5.74) is 4.34. The number of halogens is 1. The second-order valence-corrected chi connectivity index (χ2v) is 9.45. The number of fused-ring (bicyclic) bond motifs is 1. The van der Waals surface area contributed by atoms with Gasteiger partial charge < -0.3 is 15.1 Å². The molecule has 2 aliphatic heterocycles. The molecule has 5 rings (SSSR count). The van der Waals surface area contributed by atoms with Crippen molar-refractivity contribution in [3.05, 3.63) is 98.1 Å². The quantitative estimate of drug-likeness (QED) is 0.376. The molecule has 184 valence electrons. The third-order valence-corrected chi connectivity index (χ3v) is 7.07. The van der Waals surface area contributed by atoms with Crippen LogP contribution in [0.1, 0.15) is 44.7 Å². The van der Waals surface area contributed by atoms with E-state index in [1.165, 1.54) is 23.3 Å². The minimum Gasteiger partial charge on any atom is -0.366 e. The van der Waals surface area contributed by atoms with Crippen molar-refractivity contribution in [2.45, 2.75) is 25.8 Å². The lowest BCUT2D eigenvalue weighted by Crippen LogP contribution is -2.34. The van der Waals surface area contributed by atoms with Gasteiger partial charge in [0.05, 0.1) is 21.1 Å². The molecule has 2 amide bonds. The Kier molecular flexibility index (Phi) is 6.61. The smallest absolute Gasteiger partial charge is 0.270 e. The summed E-state index contributed by atoms with van der Waals surface area (Å²) in [6, 6.07) is 17.4. The van der Waals surface area contributed by atoms with Gasteiger partial charge in [0, 0.05) is 49.7 Å². The van der Waals surface area contributed by atoms with E-state index in [0.29, 0.717) is 17.8 Å². The average Bonchev–Trinajstić information content (AvgIpc) is 3.43. The van der Waals surface area contributed by atoms with Crippen LogP contribution >= 0.6 is 11.6 Å². The van der Waals surface area contributed by atoms with Crippen molar-refractivity contribution in [2.24, 2.45) is 0 Å². The molecule has 0 aromatic heterocycles. The number of nitro benzene ring substituents is 1. The molecule has 0 bridgehead atoms. The molecule has 3 aromatic rings. The van der Waals surface area contributed by atoms with Crippen molar-refractivity contribution < 1.29 is 14.5 Å². The van der Waals surface area contributed by atoms with Crippen LogP contribution in [0.25, 0.3) is 0 Å². The molecule has 0 saturated carbocycles. The monoisotopic (exact) mass is 504 g/mol. The van der Waals surface area contributed by atoms with E-state index >= 15 is 0 Å². The van der Waals surface area contributed by atoms with E-state index in [-0.39, 0.29) is 22.2 Å². The lowest BCUT2D eigenvalue weighted by atomic mass is 9.98. The summed E-state index contributed by atoms with van der Waals surface area (Å²) < 4.78 is 0. The van der Waals surface area contributed by atoms with Crippen LogP contribution in [0.5, 0.6) is 0 Å². The second kappa shape index (κ2) is 9.99. The third-order valence-electron chi connectivity index (χ3n) is 6.76. The molecule has 1 saturated heterocycles. The van der Waals surface area contributed by atoms with Gasteiger partial charge in [-0.2, -0.15) is 0 Å². The van der Waals surface area contributed by atoms with Crippen molar-refractivity contribution in [3.8, 4) is 0 Å². The lowest BCUT2D eigenvalue weighted by Gasteiger charge is -2.33. The van der Waals surface area contributed by atoms with Gasteiger partial charge in [0.15, 0.2) is 0 Å². The number of nitrogens with one attached hydrogen (secondary N) is 1. The highest BCUT2D eigenvalue weighted by Gasteiger charge is 2.26. The van der Waals surface area contributed by atoms with E-state index in [2.05, 4.69) is 22.3 Å². The first kappa shape index (κ1) is 23.8. The molecule has 2 aliphatic rings. The van der Waals surface area contributed by atoms with Gasteiger partial charge in [-0.25, -0.2) is 0 Å². The topological polar surface area (TPSA) is 95.8 Å². The number of carbonyl (C=O) groups excluding carboxylic acids is 2. The molecule has 0 unspecified atom stereocenters. The van der Waals surface area contributed by atoms with E-state index < -0.39 is 10.8 Å². The van der Waals surface area contributed by atoms with E-state index in [9.17, 15) is 19.7 Å². The third kappa shape index (κ3) is 4.77. The molecule has 0 aliphatic carbocycles. The first-order chi connectivity index (χ1) is 17.4. The first-order valence-electron chi connectivity index (χ1n) is 11.9. The van der Waals surface area contributed by atoms with Crippen LogP contribution in [0.3, 0.4) is 0 Å². The van der Waals surface area contributed by atoms with Crippen LogP contribution in [0.15, 0.2) is 60.7 Å². The zero-order valence-electron chi connectivity index (χ0n) is 19.6. The fourth-order valence-corrected chi connectivity index (χ4v) is 5.11. The molecule has 0 spiro atoms. The van der Waals surface area contributed by atoms with Gasteiger partial charge in [-0.1, -0.05) is 35.9 Å². The average molecular weight is 505 g/mol. The SMILES string of the molecule is O=C(Nc1ccc(N2CCc3ccccc3C2)c(C(=O)N2CCCC2)c1)c1ccc([N+](=O)[O-])cc1Cl. The second-order valence-electron chi connectivity index (χ2n) is 9.05. The maximum atomic E-state index is 13.5. The highest BCUT2D eigenvalue weighted by Crippen LogP contribution is 2.32. The Hall–Kier alpha value is -3.91. The first-order valence-corrected chi connectivity index (χ1v) is 12.3. The van der Waals surface area contributed by atoms with E-state index in [1.54, 1.807) is 12.1 Å². The van der Waals surface area contributed by atoms with E-state index in [0.717, 1.165) is 50.7 Å². The zero-order valence-corrected chi connectivity index (χ0v) is 20.3. The molecule has 8 nitrogen and oxygen atoms in total. The molecular formula is C27H25ClN4O4. The Bertz CT molecular complexity index is 1350. The Morgan fingerprint density at radius 1 is 0.917 bits per heavy atom. The fraction of sp³-hybridized carbons (Fsp3) is 0.259. The molecule has 1 N–H and O–H groups in total. The normalized spacial score (nSPS) is 14.9. The van der Waals surface area contributed by atoms with Gasteiger partial charge in [0.1, 0.15) is 0 Å². The van der Waals surface area contributed by atoms with Gasteiger partial charge in [-0.05, 0) is 54.7 Å². The maximum Gasteiger partial charge on any atom is 0.270 e. The summed E-state index contributed by atoms with van der Waals surface area (Å²) in [5, 5.41) is 13.8. The minimum absolute atomic E-state index is 0.0151. The summed E-state index contributed by atoms with van der Waals surface area (Å²) in [5.74, 6) is -0.556. The number of hydrogen-bond acceptors (Lipinski definition) is 5. The molecule has 3 aromatic carbocycles. The Morgan fingerprint density at radius 3 is 2.39 bits per heavy atom. The number of hydrogen-bond donors (Lipinski definition) is 1. The zero-order chi connectivity index (χ0) is 25.2. The van der Waals surface area contributed by atoms with Gasteiger partial charge >= 0.3 is 0 Å². The molecule has 36 heavy (non-hydrogen) atoms. The van der Waals surface area contributed by atoms with Gasteiger partial charge in [-0.15, -0.1) is 0 Å². The summed E-state index contributed by atoms with van der Waals surface area (Å²) in [4.78, 5) is 40.9. The van der Waals surface area contributed by atoms with Crippen LogP contribution < -0.4 is 10.2 Å². The van der Waals surface area contributed by atoms with Crippen LogP contribution in [0.2, 0.25) is 5.02 Å². The number of amides is 2. The number of carbonyl (C=O) groups is 2. The van der Waals surface area contributed by atoms with Crippen LogP contribution in [0.4, 0.5) is 17.1 Å². The van der Waals surface area contributed by atoms with Gasteiger partial charge in [-0.3, -0.25) is 19.7 Å². The van der Waals surface area contributed by atoms with Crippen LogP contribution in [-0.4, -0.2) is 41.3 Å². The molecule has 1 fully saturated rings. The number of rotatable bonds is 5. The van der Waals surface area contributed by atoms with Crippen molar-refractivity contribution in [1.82, 2.24) is 4.90 Å². The van der Waals surface area contributed by atoms with Gasteiger partial charge in [0.25, 0.3) is 17.5 Å². The molecule has 0 radical (unpaired) electrons. The van der Waals surface area contributed by atoms with Gasteiger partial charge in [0.2, 0.25) is 0 Å². The predicted molar refractivity (Wildman–Crippen MR) is 139 cm³/mol. The molecule has 2 heterocycles. The summed E-state index contributed by atoms with van der Waals surface area (Å²) >= 11 is 6.14. The highest BCUT2D eigenvalue weighted by atomic mass is 35.5. The number of benzene rings is 3. The highest BCUT2D eigenvalue weighted by molar-refractivity contribution is 6.34. The largest absolute Gasteiger partial charge is 0.366 e. The Morgan fingerprint density at radius 2 is 1.67 bits per heavy atom. The van der Waals surface area contributed by atoms with Crippen molar-refractivity contribution in [1.29, 1.82) is 0 Å². The number of likely N-dealkylation sites (tertiary alicyclic amines) is 1. The van der Waals surface area contributed by atoms with Crippen LogP contribution in [0, 0.1) is 10.1 Å². The predicted octanol–water partition coefficient (Wildman–Crippen LogP) is 5.30. The lowest BCUT2D eigenvalue weighted by molar-refractivity contribution is -0.384. The number of non-ortho nitro benzene ring substituents is 1. The number of nitro groups is 1. The minimum atomic E-state index is -0.568. The van der Waals surface area contributed by atoms with E-state index in [1.807, 2.05) is 23.1 Å². The standard InChI is InChI=1S/C27H25ClN4O4/c28-24-16-21(32(35)36)8-9-22(24)26(33)29-20-7-10-25(23(15-20)27(34)30-12-3-4-13-30)31-14-11-18-5-1-2-6-19(18)17-31/h1-2,5-10,15-16H,3-4,11-14,17H2,(H,29,33). The van der Waals surface area contributed by atoms with Crippen molar-refractivity contribution >= 4 is 40.5 Å². The molecular weight excluding hydrogens is 480 g/mol. The van der Waals surface area contributed by atoms with Crippen molar-refractivity contribution in [3.63, 3.8) is 0 Å². The summed E-state index contributed by atoms with van der Waals surface area (Å²) in [6.07, 6.45) is 2.85. The number of nitrogens with zero attached hydrogens (tertiary/aromatic N) is 3. The maximum absolute atomic E-state index is 13.5. The summed E-state index contributed by atoms with van der Waals surface area (Å²) in [6.45, 7) is 2.94. The summed E-state index contributed by atoms with van der Waals surface area (Å²) in [7, 11) is 0. The fourth-order valence-electron chi connectivity index (χ4n) is 4.85. The van der Waals surface area contributed by atoms with Crippen molar-refractivity contribution in [2.75, 3.05) is 29.9 Å². The molecule has 0 atom stereocenters.